The Morgan fingerprint density at radius 2 is 1.95 bits per heavy atom. The number of carbonyl (C=O) groups is 1. The molecule has 2 aromatic rings. The van der Waals surface area contributed by atoms with E-state index in [0.29, 0.717) is 24.7 Å². The molecule has 5 nitrogen and oxygen atoms in total. The van der Waals surface area contributed by atoms with Crippen molar-refractivity contribution in [3.05, 3.63) is 42.3 Å². The summed E-state index contributed by atoms with van der Waals surface area (Å²) in [7, 11) is 0. The van der Waals surface area contributed by atoms with Crippen LogP contribution in [0.2, 0.25) is 0 Å². The van der Waals surface area contributed by atoms with Crippen molar-refractivity contribution in [3.63, 3.8) is 0 Å². The van der Waals surface area contributed by atoms with Crippen molar-refractivity contribution >= 4 is 5.91 Å². The Morgan fingerprint density at radius 1 is 1.27 bits per heavy atom. The molecule has 0 spiro atoms. The lowest BCUT2D eigenvalue weighted by atomic mass is 9.81. The average molecular weight is 301 g/mol. The molecule has 0 aliphatic carbocycles. The van der Waals surface area contributed by atoms with Gasteiger partial charge in [0.25, 0.3) is 0 Å². The summed E-state index contributed by atoms with van der Waals surface area (Å²) in [5.41, 5.74) is 6.90. The minimum atomic E-state index is -0.494. The first-order valence-electron chi connectivity index (χ1n) is 7.63. The highest BCUT2D eigenvalue weighted by molar-refractivity contribution is 5.82. The Labute approximate surface area is 130 Å². The minimum Gasteiger partial charge on any atom is -0.444 e. The van der Waals surface area contributed by atoms with Crippen molar-refractivity contribution < 1.29 is 9.21 Å². The molecule has 0 aliphatic rings. The third-order valence-electron chi connectivity index (χ3n) is 4.23. The van der Waals surface area contributed by atoms with Crippen molar-refractivity contribution in [2.75, 3.05) is 6.54 Å². The van der Waals surface area contributed by atoms with E-state index in [1.807, 2.05) is 44.2 Å². The molecule has 0 bridgehead atoms. The van der Waals surface area contributed by atoms with E-state index in [0.717, 1.165) is 18.4 Å². The first-order chi connectivity index (χ1) is 10.6. The van der Waals surface area contributed by atoms with Crippen molar-refractivity contribution in [1.29, 1.82) is 0 Å². The molecular weight excluding hydrogens is 278 g/mol. The second-order valence-electron chi connectivity index (χ2n) is 5.38. The van der Waals surface area contributed by atoms with E-state index < -0.39 is 5.41 Å². The zero-order valence-electron chi connectivity index (χ0n) is 13.1. The number of rotatable bonds is 7. The Kier molecular flexibility index (Phi) is 5.33. The molecule has 2 rings (SSSR count). The first kappa shape index (κ1) is 16.2. The van der Waals surface area contributed by atoms with Crippen LogP contribution in [0.1, 0.15) is 32.4 Å². The Bertz CT molecular complexity index is 595. The van der Waals surface area contributed by atoms with Gasteiger partial charge >= 0.3 is 0 Å². The number of carbonyl (C=O) groups excluding carboxylic acids is 1. The number of nitrogens with zero attached hydrogens (tertiary/aromatic N) is 1. The van der Waals surface area contributed by atoms with Crippen LogP contribution in [0.4, 0.5) is 0 Å². The predicted octanol–water partition coefficient (Wildman–Crippen LogP) is 2.72. The highest BCUT2D eigenvalue weighted by atomic mass is 16.3. The Balaban J connectivity index is 2.01. The van der Waals surface area contributed by atoms with Gasteiger partial charge in [0.1, 0.15) is 6.26 Å². The minimum absolute atomic E-state index is 0.0238. The van der Waals surface area contributed by atoms with E-state index in [4.69, 9.17) is 10.2 Å². The van der Waals surface area contributed by atoms with Crippen LogP contribution in [-0.2, 0) is 11.3 Å². The molecule has 1 aromatic heterocycles. The normalized spacial score (nSPS) is 11.4. The molecule has 0 atom stereocenters. The number of hydrogen-bond donors (Lipinski definition) is 2. The van der Waals surface area contributed by atoms with Crippen LogP contribution in [0.3, 0.4) is 0 Å². The molecule has 5 heteroatoms. The number of nitrogens with one attached hydrogen (secondary N) is 1. The summed E-state index contributed by atoms with van der Waals surface area (Å²) in [6, 6.07) is 9.66. The standard InChI is InChI=1S/C17H23N3O2/c1-3-17(4-2,12-18)16(21)19-10-14-11-22-15(20-14)13-8-6-5-7-9-13/h5-9,11H,3-4,10,12,18H2,1-2H3,(H,19,21). The van der Waals surface area contributed by atoms with E-state index in [2.05, 4.69) is 10.3 Å². The molecule has 0 saturated heterocycles. The monoisotopic (exact) mass is 301 g/mol. The molecule has 0 fully saturated rings. The molecule has 0 radical (unpaired) electrons. The zero-order chi connectivity index (χ0) is 16.0. The summed E-state index contributed by atoms with van der Waals surface area (Å²) in [5.74, 6) is 0.533. The number of aromatic nitrogens is 1. The first-order valence-corrected chi connectivity index (χ1v) is 7.63. The summed E-state index contributed by atoms with van der Waals surface area (Å²) in [4.78, 5) is 16.8. The number of hydrogen-bond acceptors (Lipinski definition) is 4. The highest BCUT2D eigenvalue weighted by Crippen LogP contribution is 2.25. The van der Waals surface area contributed by atoms with Crippen LogP contribution in [0.25, 0.3) is 11.5 Å². The van der Waals surface area contributed by atoms with E-state index in [1.54, 1.807) is 6.26 Å². The average Bonchev–Trinajstić information content (AvgIpc) is 3.05. The summed E-state index contributed by atoms with van der Waals surface area (Å²) in [6.07, 6.45) is 3.02. The maximum atomic E-state index is 12.4. The van der Waals surface area contributed by atoms with Gasteiger partial charge in [0.2, 0.25) is 11.8 Å². The molecule has 118 valence electrons. The second kappa shape index (κ2) is 7.22. The van der Waals surface area contributed by atoms with E-state index in [-0.39, 0.29) is 5.91 Å². The van der Waals surface area contributed by atoms with Gasteiger partial charge < -0.3 is 15.5 Å². The van der Waals surface area contributed by atoms with Crippen LogP contribution < -0.4 is 11.1 Å². The quantitative estimate of drug-likeness (QED) is 0.824. The summed E-state index contributed by atoms with van der Waals surface area (Å²) in [6.45, 7) is 4.66. The molecule has 22 heavy (non-hydrogen) atoms. The van der Waals surface area contributed by atoms with Gasteiger partial charge in [0.05, 0.1) is 17.7 Å². The van der Waals surface area contributed by atoms with Gasteiger partial charge in [-0.1, -0.05) is 32.0 Å². The maximum Gasteiger partial charge on any atom is 0.227 e. The summed E-state index contributed by atoms with van der Waals surface area (Å²) < 4.78 is 5.46. The summed E-state index contributed by atoms with van der Waals surface area (Å²) in [5, 5.41) is 2.92. The number of oxazole rings is 1. The highest BCUT2D eigenvalue weighted by Gasteiger charge is 2.33. The van der Waals surface area contributed by atoms with Gasteiger partial charge in [-0.15, -0.1) is 0 Å². The summed E-state index contributed by atoms with van der Waals surface area (Å²) >= 11 is 0. The van der Waals surface area contributed by atoms with Gasteiger partial charge in [0.15, 0.2) is 0 Å². The fraction of sp³-hybridized carbons (Fsp3) is 0.412. The zero-order valence-corrected chi connectivity index (χ0v) is 13.1. The number of benzene rings is 1. The van der Waals surface area contributed by atoms with Crippen molar-refractivity contribution in [2.24, 2.45) is 11.1 Å². The lowest BCUT2D eigenvalue weighted by molar-refractivity contribution is -0.131. The van der Waals surface area contributed by atoms with Crippen LogP contribution >= 0.6 is 0 Å². The third kappa shape index (κ3) is 3.36. The second-order valence-corrected chi connectivity index (χ2v) is 5.38. The molecule has 1 heterocycles. The lowest BCUT2D eigenvalue weighted by Gasteiger charge is -2.28. The van der Waals surface area contributed by atoms with E-state index in [9.17, 15) is 4.79 Å². The van der Waals surface area contributed by atoms with Gasteiger partial charge in [-0.2, -0.15) is 0 Å². The molecular formula is C17H23N3O2. The van der Waals surface area contributed by atoms with E-state index >= 15 is 0 Å². The SMILES string of the molecule is CCC(CC)(CN)C(=O)NCc1coc(-c2ccccc2)n1. The third-order valence-corrected chi connectivity index (χ3v) is 4.23. The molecule has 0 aliphatic heterocycles. The smallest absolute Gasteiger partial charge is 0.227 e. The molecule has 1 aromatic carbocycles. The van der Waals surface area contributed by atoms with Crippen molar-refractivity contribution in [3.8, 4) is 11.5 Å². The van der Waals surface area contributed by atoms with Crippen LogP contribution in [-0.4, -0.2) is 17.4 Å². The van der Waals surface area contributed by atoms with Gasteiger partial charge in [-0.25, -0.2) is 4.98 Å². The predicted molar refractivity (Wildman–Crippen MR) is 85.9 cm³/mol. The fourth-order valence-corrected chi connectivity index (χ4v) is 2.41. The molecule has 0 unspecified atom stereocenters. The van der Waals surface area contributed by atoms with Crippen LogP contribution in [0, 0.1) is 5.41 Å². The topological polar surface area (TPSA) is 81.2 Å². The van der Waals surface area contributed by atoms with Gasteiger partial charge in [-0.3, -0.25) is 4.79 Å². The van der Waals surface area contributed by atoms with Crippen molar-refractivity contribution in [1.82, 2.24) is 10.3 Å². The largest absolute Gasteiger partial charge is 0.444 e. The number of amides is 1. The molecule has 1 amide bonds. The molecule has 0 saturated carbocycles. The van der Waals surface area contributed by atoms with Crippen LogP contribution in [0.15, 0.2) is 41.0 Å². The van der Waals surface area contributed by atoms with Gasteiger partial charge in [0, 0.05) is 12.1 Å². The Hall–Kier alpha value is -2.14. The van der Waals surface area contributed by atoms with E-state index in [1.165, 1.54) is 0 Å². The number of nitrogens with two attached hydrogens (primary N) is 1. The van der Waals surface area contributed by atoms with Crippen LogP contribution in [0.5, 0.6) is 0 Å². The fourth-order valence-electron chi connectivity index (χ4n) is 2.41. The lowest BCUT2D eigenvalue weighted by Crippen LogP contribution is -2.45. The molecule has 3 N–H and O–H groups in total. The van der Waals surface area contributed by atoms with Gasteiger partial charge in [-0.05, 0) is 25.0 Å². The maximum absolute atomic E-state index is 12.4. The Morgan fingerprint density at radius 3 is 2.55 bits per heavy atom. The van der Waals surface area contributed by atoms with Crippen molar-refractivity contribution in [2.45, 2.75) is 33.2 Å².